The van der Waals surface area contributed by atoms with Crippen LogP contribution in [0.3, 0.4) is 0 Å². The maximum Gasteiger partial charge on any atom is 0.302 e. The first-order valence-electron chi connectivity index (χ1n) is 7.62. The van der Waals surface area contributed by atoms with Crippen LogP contribution in [0.2, 0.25) is 0 Å². The maximum atomic E-state index is 10.7. The summed E-state index contributed by atoms with van der Waals surface area (Å²) in [7, 11) is 0. The minimum Gasteiger partial charge on any atom is -0.464 e. The molecule has 0 aliphatic rings. The number of ether oxygens (including phenoxy) is 1. The highest BCUT2D eigenvalue weighted by Crippen LogP contribution is 2.16. The van der Waals surface area contributed by atoms with Crippen LogP contribution in [0.15, 0.2) is 48.9 Å². The average Bonchev–Trinajstić information content (AvgIpc) is 2.60. The van der Waals surface area contributed by atoms with E-state index >= 15 is 0 Å². The van der Waals surface area contributed by atoms with Crippen LogP contribution in [0.1, 0.15) is 24.2 Å². The number of thiocarbonyl (C=S) groups is 1. The summed E-state index contributed by atoms with van der Waals surface area (Å²) in [6.45, 7) is 2.10. The number of hydrogen-bond acceptors (Lipinski definition) is 5. The fourth-order valence-electron chi connectivity index (χ4n) is 2.13. The predicted molar refractivity (Wildman–Crippen MR) is 95.3 cm³/mol. The smallest absolute Gasteiger partial charge is 0.302 e. The van der Waals surface area contributed by atoms with Gasteiger partial charge in [-0.25, -0.2) is 0 Å². The van der Waals surface area contributed by atoms with E-state index in [1.165, 1.54) is 6.92 Å². The van der Waals surface area contributed by atoms with Crippen LogP contribution in [0.5, 0.6) is 0 Å². The Morgan fingerprint density at radius 2 is 2.17 bits per heavy atom. The first-order valence-corrected chi connectivity index (χ1v) is 8.03. The van der Waals surface area contributed by atoms with Gasteiger partial charge in [0.05, 0.1) is 12.6 Å². The van der Waals surface area contributed by atoms with Gasteiger partial charge in [0.25, 0.3) is 0 Å². The van der Waals surface area contributed by atoms with Crippen LogP contribution in [0.4, 0.5) is 0 Å². The molecular formula is C17H20N4O2S. The zero-order valence-corrected chi connectivity index (χ0v) is 14.3. The Balaban J connectivity index is 1.96. The monoisotopic (exact) mass is 344 g/mol. The molecule has 0 aliphatic carbocycles. The van der Waals surface area contributed by atoms with Gasteiger partial charge in [-0.05, 0) is 36.0 Å². The first kappa shape index (κ1) is 17.8. The molecule has 0 fully saturated rings. The van der Waals surface area contributed by atoms with E-state index in [0.29, 0.717) is 18.1 Å². The Hall–Kier alpha value is -2.54. The SMILES string of the molecule is CC(=O)OCCNC(=S)NC(Cc1ccccn1)c1cccnc1. The van der Waals surface area contributed by atoms with Crippen molar-refractivity contribution in [1.82, 2.24) is 20.6 Å². The lowest BCUT2D eigenvalue weighted by Gasteiger charge is -2.21. The number of aromatic nitrogens is 2. The zero-order valence-electron chi connectivity index (χ0n) is 13.4. The summed E-state index contributed by atoms with van der Waals surface area (Å²) in [4.78, 5) is 19.3. The summed E-state index contributed by atoms with van der Waals surface area (Å²) in [5, 5.41) is 6.79. The lowest BCUT2D eigenvalue weighted by Crippen LogP contribution is -2.40. The van der Waals surface area contributed by atoms with E-state index in [2.05, 4.69) is 20.6 Å². The van der Waals surface area contributed by atoms with Crippen molar-refractivity contribution in [1.29, 1.82) is 0 Å². The molecule has 2 rings (SSSR count). The normalized spacial score (nSPS) is 11.4. The molecule has 126 valence electrons. The van der Waals surface area contributed by atoms with E-state index in [1.54, 1.807) is 12.4 Å². The molecule has 1 unspecified atom stereocenters. The third-order valence-electron chi connectivity index (χ3n) is 3.22. The van der Waals surface area contributed by atoms with Gasteiger partial charge in [-0.3, -0.25) is 14.8 Å². The maximum absolute atomic E-state index is 10.7. The molecular weight excluding hydrogens is 324 g/mol. The molecule has 6 nitrogen and oxygen atoms in total. The number of pyridine rings is 2. The Kier molecular flexibility index (Phi) is 7.10. The molecule has 2 heterocycles. The van der Waals surface area contributed by atoms with Crippen LogP contribution >= 0.6 is 12.2 Å². The van der Waals surface area contributed by atoms with Crippen LogP contribution in [-0.4, -0.2) is 34.2 Å². The third kappa shape index (κ3) is 6.29. The third-order valence-corrected chi connectivity index (χ3v) is 3.49. The van der Waals surface area contributed by atoms with Crippen LogP contribution in [-0.2, 0) is 16.0 Å². The van der Waals surface area contributed by atoms with Crippen molar-refractivity contribution < 1.29 is 9.53 Å². The molecule has 0 aromatic carbocycles. The summed E-state index contributed by atoms with van der Waals surface area (Å²) in [6, 6.07) is 9.65. The minimum atomic E-state index is -0.306. The summed E-state index contributed by atoms with van der Waals surface area (Å²) in [5.74, 6) is -0.306. The molecule has 2 N–H and O–H groups in total. The van der Waals surface area contributed by atoms with Gasteiger partial charge < -0.3 is 15.4 Å². The second-order valence-electron chi connectivity index (χ2n) is 5.10. The highest BCUT2D eigenvalue weighted by atomic mass is 32.1. The van der Waals surface area contributed by atoms with E-state index < -0.39 is 0 Å². The quantitative estimate of drug-likeness (QED) is 0.450. The number of nitrogens with one attached hydrogen (secondary N) is 2. The van der Waals surface area contributed by atoms with Gasteiger partial charge in [-0.1, -0.05) is 12.1 Å². The summed E-state index contributed by atoms with van der Waals surface area (Å²) >= 11 is 5.32. The van der Waals surface area contributed by atoms with Gasteiger partial charge in [0, 0.05) is 37.6 Å². The Labute approximate surface area is 146 Å². The molecule has 2 aromatic rings. The standard InChI is InChI=1S/C17H20N4O2S/c1-13(22)23-10-9-20-17(24)21-16(14-5-4-7-18-12-14)11-15-6-2-3-8-19-15/h2-8,12,16H,9-11H2,1H3,(H2,20,21,24). The van der Waals surface area contributed by atoms with Gasteiger partial charge >= 0.3 is 5.97 Å². The van der Waals surface area contributed by atoms with E-state index in [1.807, 2.05) is 36.5 Å². The van der Waals surface area contributed by atoms with Crippen molar-refractivity contribution in [2.45, 2.75) is 19.4 Å². The molecule has 7 heteroatoms. The van der Waals surface area contributed by atoms with Crippen LogP contribution in [0.25, 0.3) is 0 Å². The molecule has 24 heavy (non-hydrogen) atoms. The second-order valence-corrected chi connectivity index (χ2v) is 5.51. The van der Waals surface area contributed by atoms with Crippen molar-refractivity contribution in [3.05, 3.63) is 60.2 Å². The van der Waals surface area contributed by atoms with E-state index in [-0.39, 0.29) is 18.6 Å². The predicted octanol–water partition coefficient (Wildman–Crippen LogP) is 1.79. The van der Waals surface area contributed by atoms with E-state index in [9.17, 15) is 4.79 Å². The van der Waals surface area contributed by atoms with Gasteiger partial charge in [0.1, 0.15) is 6.61 Å². The largest absolute Gasteiger partial charge is 0.464 e. The second kappa shape index (κ2) is 9.57. The van der Waals surface area contributed by atoms with Crippen molar-refractivity contribution >= 4 is 23.3 Å². The number of esters is 1. The average molecular weight is 344 g/mol. The Morgan fingerprint density at radius 3 is 2.83 bits per heavy atom. The summed E-state index contributed by atoms with van der Waals surface area (Å²) in [6.07, 6.45) is 5.99. The fraction of sp³-hybridized carbons (Fsp3) is 0.294. The van der Waals surface area contributed by atoms with Crippen LogP contribution < -0.4 is 10.6 Å². The number of carbonyl (C=O) groups excluding carboxylic acids is 1. The van der Waals surface area contributed by atoms with Crippen molar-refractivity contribution in [3.8, 4) is 0 Å². The zero-order chi connectivity index (χ0) is 17.2. The highest BCUT2D eigenvalue weighted by molar-refractivity contribution is 7.80. The molecule has 1 atom stereocenters. The van der Waals surface area contributed by atoms with Gasteiger partial charge in [0.15, 0.2) is 5.11 Å². The van der Waals surface area contributed by atoms with Crippen LogP contribution in [0, 0.1) is 0 Å². The first-order chi connectivity index (χ1) is 11.6. The molecule has 0 spiro atoms. The van der Waals surface area contributed by atoms with E-state index in [0.717, 1.165) is 11.3 Å². The minimum absolute atomic E-state index is 0.0534. The molecule has 0 amide bonds. The lowest BCUT2D eigenvalue weighted by molar-refractivity contribution is -0.140. The molecule has 0 bridgehead atoms. The van der Waals surface area contributed by atoms with Crippen molar-refractivity contribution in [2.75, 3.05) is 13.2 Å². The molecule has 0 saturated carbocycles. The fourth-order valence-corrected chi connectivity index (χ4v) is 2.38. The molecule has 2 aromatic heterocycles. The number of rotatable bonds is 7. The Bertz CT molecular complexity index is 652. The molecule has 0 saturated heterocycles. The molecule has 0 radical (unpaired) electrons. The van der Waals surface area contributed by atoms with Crippen molar-refractivity contribution in [3.63, 3.8) is 0 Å². The lowest BCUT2D eigenvalue weighted by atomic mass is 10.0. The number of hydrogen-bond donors (Lipinski definition) is 2. The topological polar surface area (TPSA) is 76.1 Å². The summed E-state index contributed by atoms with van der Waals surface area (Å²) in [5.41, 5.74) is 1.98. The van der Waals surface area contributed by atoms with Gasteiger partial charge in [-0.2, -0.15) is 0 Å². The summed E-state index contributed by atoms with van der Waals surface area (Å²) < 4.78 is 4.87. The highest BCUT2D eigenvalue weighted by Gasteiger charge is 2.14. The van der Waals surface area contributed by atoms with Gasteiger partial charge in [-0.15, -0.1) is 0 Å². The van der Waals surface area contributed by atoms with E-state index in [4.69, 9.17) is 17.0 Å². The number of carbonyl (C=O) groups is 1. The van der Waals surface area contributed by atoms with Crippen molar-refractivity contribution in [2.24, 2.45) is 0 Å². The number of nitrogens with zero attached hydrogens (tertiary/aromatic N) is 2. The van der Waals surface area contributed by atoms with Gasteiger partial charge in [0.2, 0.25) is 0 Å². The Morgan fingerprint density at radius 1 is 1.29 bits per heavy atom. The molecule has 0 aliphatic heterocycles.